The molecule has 11 nitrogen and oxygen atoms in total. The van der Waals surface area contributed by atoms with Crippen LogP contribution >= 0.6 is 0 Å². The summed E-state index contributed by atoms with van der Waals surface area (Å²) in [4.78, 5) is 37.7. The second-order valence-electron chi connectivity index (χ2n) is 5.40. The molecule has 1 aromatic heterocycles. The number of rotatable bonds is 5. The van der Waals surface area contributed by atoms with Crippen molar-refractivity contribution < 1.29 is 29.6 Å². The molecule has 0 spiro atoms. The van der Waals surface area contributed by atoms with Crippen LogP contribution in [0.1, 0.15) is 11.8 Å². The maximum Gasteiger partial charge on any atom is 0.407 e. The van der Waals surface area contributed by atoms with Crippen LogP contribution < -0.4 is 11.2 Å². The number of methoxy groups -OCH3 is 1. The zero-order chi connectivity index (χ0) is 18.0. The summed E-state index contributed by atoms with van der Waals surface area (Å²) in [6.45, 7) is -0.731. The van der Waals surface area contributed by atoms with Crippen LogP contribution in [0.15, 0.2) is 15.8 Å². The van der Waals surface area contributed by atoms with Gasteiger partial charge in [-0.15, -0.1) is 0 Å². The van der Waals surface area contributed by atoms with Crippen LogP contribution in [-0.4, -0.2) is 74.9 Å². The zero-order valence-corrected chi connectivity index (χ0v) is 13.1. The molecule has 4 N–H and O–H groups in total. The van der Waals surface area contributed by atoms with Crippen molar-refractivity contribution in [2.75, 3.05) is 20.8 Å². The summed E-state index contributed by atoms with van der Waals surface area (Å²) >= 11 is 0. The first-order valence-corrected chi connectivity index (χ1v) is 7.05. The van der Waals surface area contributed by atoms with Crippen molar-refractivity contribution in [1.29, 1.82) is 0 Å². The zero-order valence-electron chi connectivity index (χ0n) is 13.1. The highest BCUT2D eigenvalue weighted by Crippen LogP contribution is 2.30. The van der Waals surface area contributed by atoms with Gasteiger partial charge >= 0.3 is 11.8 Å². The van der Waals surface area contributed by atoms with Crippen LogP contribution in [-0.2, 0) is 16.0 Å². The molecule has 2 heterocycles. The molecule has 0 aromatic carbocycles. The van der Waals surface area contributed by atoms with Gasteiger partial charge in [0.15, 0.2) is 6.23 Å². The van der Waals surface area contributed by atoms with Crippen molar-refractivity contribution >= 4 is 6.09 Å². The molecule has 11 heteroatoms. The van der Waals surface area contributed by atoms with Crippen molar-refractivity contribution in [2.45, 2.75) is 31.1 Å². The number of aromatic nitrogens is 2. The van der Waals surface area contributed by atoms with E-state index in [4.69, 9.17) is 14.6 Å². The molecule has 0 unspecified atom stereocenters. The van der Waals surface area contributed by atoms with Crippen LogP contribution in [0.25, 0.3) is 0 Å². The molecular weight excluding hydrogens is 326 g/mol. The normalized spacial score (nSPS) is 26.5. The van der Waals surface area contributed by atoms with Crippen molar-refractivity contribution in [3.63, 3.8) is 0 Å². The fraction of sp³-hybridized carbons (Fsp3) is 0.615. The highest BCUT2D eigenvalue weighted by molar-refractivity contribution is 5.64. The lowest BCUT2D eigenvalue weighted by atomic mass is 10.1. The molecular formula is C13H19N3O8. The largest absolute Gasteiger partial charge is 0.465 e. The Morgan fingerprint density at radius 3 is 2.71 bits per heavy atom. The van der Waals surface area contributed by atoms with Gasteiger partial charge in [-0.3, -0.25) is 14.3 Å². The summed E-state index contributed by atoms with van der Waals surface area (Å²) in [5.41, 5.74) is -1.52. The van der Waals surface area contributed by atoms with E-state index in [1.165, 1.54) is 14.2 Å². The molecule has 0 saturated carbocycles. The Bertz CT molecular complexity index is 714. The van der Waals surface area contributed by atoms with Gasteiger partial charge in [-0.05, 0) is 0 Å². The summed E-state index contributed by atoms with van der Waals surface area (Å²) in [7, 11) is 2.58. The number of H-pyrrole nitrogens is 1. The van der Waals surface area contributed by atoms with Gasteiger partial charge in [0.05, 0.1) is 18.7 Å². The highest BCUT2D eigenvalue weighted by atomic mass is 16.6. The molecule has 1 aromatic rings. The molecule has 1 aliphatic heterocycles. The molecule has 2 rings (SSSR count). The first-order valence-electron chi connectivity index (χ1n) is 7.05. The summed E-state index contributed by atoms with van der Waals surface area (Å²) in [6.07, 6.45) is -4.24. The summed E-state index contributed by atoms with van der Waals surface area (Å²) < 4.78 is 11.6. The van der Waals surface area contributed by atoms with E-state index >= 15 is 0 Å². The summed E-state index contributed by atoms with van der Waals surface area (Å²) in [5.74, 6) is 0. The van der Waals surface area contributed by atoms with Crippen LogP contribution in [0.5, 0.6) is 0 Å². The van der Waals surface area contributed by atoms with Gasteiger partial charge in [-0.2, -0.15) is 0 Å². The highest BCUT2D eigenvalue weighted by Gasteiger charge is 2.45. The summed E-state index contributed by atoms with van der Waals surface area (Å²) in [6, 6.07) is 0. The van der Waals surface area contributed by atoms with Crippen LogP contribution in [0, 0.1) is 0 Å². The Morgan fingerprint density at radius 1 is 1.50 bits per heavy atom. The van der Waals surface area contributed by atoms with Crippen molar-refractivity contribution in [2.24, 2.45) is 0 Å². The molecule has 1 saturated heterocycles. The minimum Gasteiger partial charge on any atom is -0.465 e. The van der Waals surface area contributed by atoms with Crippen molar-refractivity contribution in [1.82, 2.24) is 14.5 Å². The third-order valence-electron chi connectivity index (χ3n) is 3.81. The lowest BCUT2D eigenvalue weighted by Crippen LogP contribution is -2.40. The van der Waals surface area contributed by atoms with E-state index in [0.717, 1.165) is 15.7 Å². The number of nitrogens with zero attached hydrogens (tertiary/aromatic N) is 2. The Kier molecular flexibility index (Phi) is 5.39. The third-order valence-corrected chi connectivity index (χ3v) is 3.81. The average Bonchev–Trinajstić information content (AvgIpc) is 2.85. The molecule has 1 amide bonds. The lowest BCUT2D eigenvalue weighted by molar-refractivity contribution is -0.0627. The van der Waals surface area contributed by atoms with E-state index in [1.807, 2.05) is 0 Å². The Labute approximate surface area is 135 Å². The van der Waals surface area contributed by atoms with E-state index in [0.29, 0.717) is 0 Å². The quantitative estimate of drug-likeness (QED) is 0.474. The Morgan fingerprint density at radius 2 is 2.17 bits per heavy atom. The second-order valence-corrected chi connectivity index (χ2v) is 5.40. The van der Waals surface area contributed by atoms with Crippen LogP contribution in [0.4, 0.5) is 4.79 Å². The number of carboxylic acid groups (broad SMARTS) is 1. The van der Waals surface area contributed by atoms with Gasteiger partial charge < -0.3 is 29.7 Å². The fourth-order valence-corrected chi connectivity index (χ4v) is 2.50. The van der Waals surface area contributed by atoms with Gasteiger partial charge in [-0.1, -0.05) is 0 Å². The van der Waals surface area contributed by atoms with E-state index in [1.54, 1.807) is 0 Å². The number of aliphatic hydroxyl groups is 2. The third kappa shape index (κ3) is 3.33. The number of amides is 1. The summed E-state index contributed by atoms with van der Waals surface area (Å²) in [5, 5.41) is 28.1. The number of ether oxygens (including phenoxy) is 2. The van der Waals surface area contributed by atoms with Gasteiger partial charge in [-0.25, -0.2) is 9.59 Å². The standard InChI is InChI=1S/C13H19N3O8/c1-15(13(21)22)3-6-4-16(12(20)14-10(6)19)11-9(23-2)8(18)7(5-17)24-11/h4,7-9,11,17-18H,3,5H2,1-2H3,(H,21,22)(H,14,19,20)/t7-,8-,9-,11+/m1/s1. The number of nitrogens with one attached hydrogen (secondary N) is 1. The fourth-order valence-electron chi connectivity index (χ4n) is 2.50. The second kappa shape index (κ2) is 7.13. The van der Waals surface area contributed by atoms with Crippen LogP contribution in [0.2, 0.25) is 0 Å². The van der Waals surface area contributed by atoms with Crippen LogP contribution in [0.3, 0.4) is 0 Å². The molecule has 1 aliphatic rings. The van der Waals surface area contributed by atoms with Gasteiger partial charge in [0, 0.05) is 20.4 Å². The molecule has 1 fully saturated rings. The van der Waals surface area contributed by atoms with E-state index < -0.39 is 48.5 Å². The number of hydrogen-bond donors (Lipinski definition) is 4. The SMILES string of the molecule is CO[C@@H]1[C@H](O)[C@@H](CO)O[C@@H]1n1cc(CN(C)C(=O)O)c(=O)[nH]c1=O. The number of aliphatic hydroxyl groups excluding tert-OH is 2. The predicted molar refractivity (Wildman–Crippen MR) is 78.6 cm³/mol. The monoisotopic (exact) mass is 345 g/mol. The number of hydrogen-bond acceptors (Lipinski definition) is 7. The first kappa shape index (κ1) is 18.1. The topological polar surface area (TPSA) is 154 Å². The molecule has 0 aliphatic carbocycles. The molecule has 24 heavy (non-hydrogen) atoms. The minimum absolute atomic E-state index is 0.0138. The van der Waals surface area contributed by atoms with E-state index in [2.05, 4.69) is 4.98 Å². The molecule has 0 radical (unpaired) electrons. The molecule has 4 atom stereocenters. The lowest BCUT2D eigenvalue weighted by Gasteiger charge is -2.21. The van der Waals surface area contributed by atoms with Gasteiger partial charge in [0.2, 0.25) is 0 Å². The smallest absolute Gasteiger partial charge is 0.407 e. The number of carbonyl (C=O) groups is 1. The Hall–Kier alpha value is -2.21. The number of aromatic amines is 1. The van der Waals surface area contributed by atoms with Gasteiger partial charge in [0.1, 0.15) is 18.3 Å². The van der Waals surface area contributed by atoms with Gasteiger partial charge in [0.25, 0.3) is 5.56 Å². The Balaban J connectivity index is 2.41. The van der Waals surface area contributed by atoms with Crippen molar-refractivity contribution in [3.8, 4) is 0 Å². The molecule has 0 bridgehead atoms. The van der Waals surface area contributed by atoms with Crippen molar-refractivity contribution in [3.05, 3.63) is 32.6 Å². The van der Waals surface area contributed by atoms with E-state index in [-0.39, 0.29) is 12.1 Å². The predicted octanol–water partition coefficient (Wildman–Crippen LogP) is -2.09. The maximum absolute atomic E-state index is 12.1. The van der Waals surface area contributed by atoms with E-state index in [9.17, 15) is 24.6 Å². The maximum atomic E-state index is 12.1. The molecule has 134 valence electrons. The average molecular weight is 345 g/mol. The minimum atomic E-state index is -1.24. The first-order chi connectivity index (χ1) is 11.3.